The summed E-state index contributed by atoms with van der Waals surface area (Å²) in [4.78, 5) is 11.2. The van der Waals surface area contributed by atoms with Crippen molar-refractivity contribution in [1.29, 1.82) is 0 Å². The van der Waals surface area contributed by atoms with Crippen LogP contribution in [0, 0.1) is 0 Å². The van der Waals surface area contributed by atoms with Gasteiger partial charge in [-0.25, -0.2) is 4.79 Å². The van der Waals surface area contributed by atoms with Gasteiger partial charge in [-0.05, 0) is 12.0 Å². The second-order valence-corrected chi connectivity index (χ2v) is 3.43. The van der Waals surface area contributed by atoms with Crippen LogP contribution in [0.1, 0.15) is 18.9 Å². The second-order valence-electron chi connectivity index (χ2n) is 3.43. The Kier molecular flexibility index (Phi) is 2.46. The number of cyclic esters (lactones) is 1. The number of esters is 1. The van der Waals surface area contributed by atoms with E-state index in [1.165, 1.54) is 0 Å². The molecule has 0 radical (unpaired) electrons. The van der Waals surface area contributed by atoms with Crippen LogP contribution in [0.2, 0.25) is 0 Å². The van der Waals surface area contributed by atoms with Gasteiger partial charge in [-0.2, -0.15) is 0 Å². The van der Waals surface area contributed by atoms with Crippen molar-refractivity contribution in [3.63, 3.8) is 0 Å². The van der Waals surface area contributed by atoms with Gasteiger partial charge < -0.3 is 9.84 Å². The summed E-state index contributed by atoms with van der Waals surface area (Å²) in [6.45, 7) is 1.92. The van der Waals surface area contributed by atoms with E-state index in [1.807, 2.05) is 37.3 Å². The molecule has 0 saturated heterocycles. The summed E-state index contributed by atoms with van der Waals surface area (Å²) in [5, 5.41) is 9.62. The molecule has 1 unspecified atom stereocenters. The normalized spacial score (nSPS) is 20.6. The van der Waals surface area contributed by atoms with Gasteiger partial charge in [-0.1, -0.05) is 37.3 Å². The highest BCUT2D eigenvalue weighted by atomic mass is 16.6. The first-order valence-corrected chi connectivity index (χ1v) is 4.93. The van der Waals surface area contributed by atoms with E-state index in [4.69, 9.17) is 4.74 Å². The Morgan fingerprint density at radius 3 is 2.60 bits per heavy atom. The van der Waals surface area contributed by atoms with E-state index in [0.717, 1.165) is 5.56 Å². The van der Waals surface area contributed by atoms with Crippen LogP contribution in [0.3, 0.4) is 0 Å². The molecule has 1 aliphatic rings. The summed E-state index contributed by atoms with van der Waals surface area (Å²) in [6.07, 6.45) is 0.347. The molecule has 0 spiro atoms. The average Bonchev–Trinajstić information content (AvgIpc) is 2.56. The monoisotopic (exact) mass is 204 g/mol. The number of hydrogen-bond acceptors (Lipinski definition) is 3. The Morgan fingerprint density at radius 2 is 2.00 bits per heavy atom. The van der Waals surface area contributed by atoms with Gasteiger partial charge in [0.1, 0.15) is 6.10 Å². The number of carbonyl (C=O) groups is 1. The van der Waals surface area contributed by atoms with Crippen molar-refractivity contribution in [3.05, 3.63) is 41.7 Å². The molecule has 0 bridgehead atoms. The minimum absolute atomic E-state index is 0.256. The maximum Gasteiger partial charge on any atom is 0.374 e. The lowest BCUT2D eigenvalue weighted by atomic mass is 9.99. The van der Waals surface area contributed by atoms with E-state index < -0.39 is 5.97 Å². The summed E-state index contributed by atoms with van der Waals surface area (Å²) in [5.74, 6) is -0.881. The predicted molar refractivity (Wildman–Crippen MR) is 56.2 cm³/mol. The van der Waals surface area contributed by atoms with Crippen molar-refractivity contribution in [2.75, 3.05) is 0 Å². The molecule has 1 aromatic rings. The van der Waals surface area contributed by atoms with Crippen LogP contribution in [0.25, 0.3) is 5.57 Å². The predicted octanol–water partition coefficient (Wildman–Crippen LogP) is 2.29. The van der Waals surface area contributed by atoms with Crippen molar-refractivity contribution >= 4 is 11.5 Å². The molecule has 78 valence electrons. The van der Waals surface area contributed by atoms with Gasteiger partial charge in [0.25, 0.3) is 0 Å². The van der Waals surface area contributed by atoms with E-state index >= 15 is 0 Å². The van der Waals surface area contributed by atoms with Crippen LogP contribution < -0.4 is 0 Å². The largest absolute Gasteiger partial charge is 0.502 e. The highest BCUT2D eigenvalue weighted by Gasteiger charge is 2.33. The van der Waals surface area contributed by atoms with Gasteiger partial charge in [0.05, 0.1) is 0 Å². The van der Waals surface area contributed by atoms with Crippen molar-refractivity contribution in [3.8, 4) is 0 Å². The molecule has 0 amide bonds. The van der Waals surface area contributed by atoms with Crippen molar-refractivity contribution < 1.29 is 14.6 Å². The zero-order valence-electron chi connectivity index (χ0n) is 8.43. The number of rotatable bonds is 2. The topological polar surface area (TPSA) is 46.5 Å². The molecule has 0 aliphatic carbocycles. The number of ether oxygens (including phenoxy) is 1. The summed E-state index contributed by atoms with van der Waals surface area (Å²) in [6, 6.07) is 9.34. The first-order valence-electron chi connectivity index (χ1n) is 4.93. The van der Waals surface area contributed by atoms with E-state index in [9.17, 15) is 9.90 Å². The minimum atomic E-state index is -0.624. The third-order valence-electron chi connectivity index (χ3n) is 2.48. The molecule has 0 saturated carbocycles. The smallest absolute Gasteiger partial charge is 0.374 e. The Bertz CT molecular complexity index is 406. The Balaban J connectivity index is 2.46. The summed E-state index contributed by atoms with van der Waals surface area (Å²) >= 11 is 0. The fraction of sp³-hybridized carbons (Fsp3) is 0.250. The Hall–Kier alpha value is -1.77. The van der Waals surface area contributed by atoms with Crippen LogP contribution in [0.15, 0.2) is 36.1 Å². The average molecular weight is 204 g/mol. The molecule has 2 rings (SSSR count). The number of hydrogen-bond donors (Lipinski definition) is 1. The van der Waals surface area contributed by atoms with Gasteiger partial charge in [0.2, 0.25) is 5.76 Å². The molecule has 1 aromatic carbocycles. The summed E-state index contributed by atoms with van der Waals surface area (Å²) < 4.78 is 5.03. The minimum Gasteiger partial charge on any atom is -0.502 e. The zero-order chi connectivity index (χ0) is 10.8. The molecule has 3 nitrogen and oxygen atoms in total. The van der Waals surface area contributed by atoms with Crippen molar-refractivity contribution in [1.82, 2.24) is 0 Å². The summed E-state index contributed by atoms with van der Waals surface area (Å²) in [7, 11) is 0. The lowest BCUT2D eigenvalue weighted by molar-refractivity contribution is -0.141. The molecule has 3 heteroatoms. The third-order valence-corrected chi connectivity index (χ3v) is 2.48. The highest BCUT2D eigenvalue weighted by molar-refractivity contribution is 6.00. The molecule has 0 aromatic heterocycles. The third kappa shape index (κ3) is 1.61. The first kappa shape index (κ1) is 9.77. The van der Waals surface area contributed by atoms with Gasteiger partial charge in [0, 0.05) is 5.57 Å². The standard InChI is InChI=1S/C12H12O3/c1-2-9-10(11(13)12(14)15-9)8-6-4-3-5-7-8/h3-7,9,13H,2H2,1H3. The fourth-order valence-corrected chi connectivity index (χ4v) is 1.73. The first-order chi connectivity index (χ1) is 7.24. The Morgan fingerprint density at radius 1 is 1.33 bits per heavy atom. The maximum atomic E-state index is 11.2. The Labute approximate surface area is 88.0 Å². The van der Waals surface area contributed by atoms with Gasteiger partial charge >= 0.3 is 5.97 Å². The van der Waals surface area contributed by atoms with Crippen LogP contribution >= 0.6 is 0 Å². The number of benzene rings is 1. The molecule has 15 heavy (non-hydrogen) atoms. The molecule has 1 atom stereocenters. The molecule has 1 aliphatic heterocycles. The lowest BCUT2D eigenvalue weighted by Crippen LogP contribution is -2.09. The van der Waals surface area contributed by atoms with Crippen LogP contribution in [-0.4, -0.2) is 17.2 Å². The van der Waals surface area contributed by atoms with Crippen molar-refractivity contribution in [2.24, 2.45) is 0 Å². The van der Waals surface area contributed by atoms with Crippen LogP contribution in [0.4, 0.5) is 0 Å². The number of carbonyl (C=O) groups excluding carboxylic acids is 1. The lowest BCUT2D eigenvalue weighted by Gasteiger charge is -2.10. The van der Waals surface area contributed by atoms with Gasteiger partial charge in [-0.3, -0.25) is 0 Å². The second kappa shape index (κ2) is 3.77. The van der Waals surface area contributed by atoms with E-state index in [1.54, 1.807) is 0 Å². The number of aliphatic hydroxyl groups excluding tert-OH is 1. The van der Waals surface area contributed by atoms with Gasteiger partial charge in [0.15, 0.2) is 0 Å². The molecule has 1 N–H and O–H groups in total. The van der Waals surface area contributed by atoms with Crippen LogP contribution in [-0.2, 0) is 9.53 Å². The van der Waals surface area contributed by atoms with Gasteiger partial charge in [-0.15, -0.1) is 0 Å². The maximum absolute atomic E-state index is 11.2. The van der Waals surface area contributed by atoms with Crippen molar-refractivity contribution in [2.45, 2.75) is 19.4 Å². The SMILES string of the molecule is CCC1OC(=O)C(O)=C1c1ccccc1. The summed E-state index contributed by atoms with van der Waals surface area (Å²) in [5.41, 5.74) is 1.44. The molecule has 1 heterocycles. The fourth-order valence-electron chi connectivity index (χ4n) is 1.73. The molecular formula is C12H12O3. The number of aliphatic hydroxyl groups is 1. The van der Waals surface area contributed by atoms with E-state index in [0.29, 0.717) is 12.0 Å². The highest BCUT2D eigenvalue weighted by Crippen LogP contribution is 2.31. The molecule has 0 fully saturated rings. The quantitative estimate of drug-likeness (QED) is 0.752. The van der Waals surface area contributed by atoms with E-state index in [-0.39, 0.29) is 11.9 Å². The van der Waals surface area contributed by atoms with Crippen LogP contribution in [0.5, 0.6) is 0 Å². The molecular weight excluding hydrogens is 192 g/mol. The van der Waals surface area contributed by atoms with E-state index in [2.05, 4.69) is 0 Å². The zero-order valence-corrected chi connectivity index (χ0v) is 8.43.